The fraction of sp³-hybridized carbons (Fsp3) is 0.308. The Balaban J connectivity index is 2.65. The van der Waals surface area contributed by atoms with Crippen molar-refractivity contribution >= 4 is 5.91 Å². The molecule has 17 heavy (non-hydrogen) atoms. The molecular formula is C13H18N2O2. The summed E-state index contributed by atoms with van der Waals surface area (Å²) >= 11 is 0. The van der Waals surface area contributed by atoms with E-state index >= 15 is 0 Å². The van der Waals surface area contributed by atoms with E-state index in [0.29, 0.717) is 13.1 Å². The van der Waals surface area contributed by atoms with Crippen molar-refractivity contribution in [1.29, 1.82) is 0 Å². The molecule has 1 rings (SSSR count). The second-order valence-corrected chi connectivity index (χ2v) is 3.60. The molecule has 0 heterocycles. The van der Waals surface area contributed by atoms with Crippen molar-refractivity contribution < 1.29 is 9.90 Å². The third-order valence-corrected chi connectivity index (χ3v) is 2.34. The first kappa shape index (κ1) is 13.4. The molecule has 1 amide bonds. The van der Waals surface area contributed by atoms with E-state index in [2.05, 4.69) is 17.2 Å². The lowest BCUT2D eigenvalue weighted by Gasteiger charge is -2.18. The fourth-order valence-corrected chi connectivity index (χ4v) is 1.49. The van der Waals surface area contributed by atoms with E-state index in [1.807, 2.05) is 30.3 Å². The summed E-state index contributed by atoms with van der Waals surface area (Å²) in [6.07, 6.45) is 1.25. The molecule has 1 aromatic carbocycles. The van der Waals surface area contributed by atoms with E-state index in [1.54, 1.807) is 0 Å². The maximum atomic E-state index is 11.3. The summed E-state index contributed by atoms with van der Waals surface area (Å²) in [5.41, 5.74) is 1.02. The highest BCUT2D eigenvalue weighted by Crippen LogP contribution is 2.11. The van der Waals surface area contributed by atoms with Gasteiger partial charge in [-0.2, -0.15) is 0 Å². The zero-order chi connectivity index (χ0) is 12.5. The number of rotatable bonds is 7. The van der Waals surface area contributed by atoms with Crippen molar-refractivity contribution in [2.45, 2.75) is 6.04 Å². The van der Waals surface area contributed by atoms with E-state index in [0.717, 1.165) is 5.56 Å². The fourth-order valence-electron chi connectivity index (χ4n) is 1.49. The number of benzene rings is 1. The maximum absolute atomic E-state index is 11.3. The van der Waals surface area contributed by atoms with E-state index in [1.165, 1.54) is 6.08 Å². The van der Waals surface area contributed by atoms with Crippen molar-refractivity contribution in [3.8, 4) is 0 Å². The first-order valence-corrected chi connectivity index (χ1v) is 5.57. The molecule has 0 aliphatic rings. The smallest absolute Gasteiger partial charge is 0.243 e. The number of hydrogen-bond donors (Lipinski definition) is 3. The first-order chi connectivity index (χ1) is 8.27. The summed E-state index contributed by atoms with van der Waals surface area (Å²) < 4.78 is 0. The van der Waals surface area contributed by atoms with E-state index in [-0.39, 0.29) is 18.6 Å². The zero-order valence-corrected chi connectivity index (χ0v) is 9.73. The van der Waals surface area contributed by atoms with Gasteiger partial charge in [-0.05, 0) is 11.6 Å². The summed E-state index contributed by atoms with van der Waals surface area (Å²) in [6.45, 7) is 4.59. The largest absolute Gasteiger partial charge is 0.395 e. The van der Waals surface area contributed by atoms with Gasteiger partial charge in [0.25, 0.3) is 0 Å². The first-order valence-electron chi connectivity index (χ1n) is 5.57. The van der Waals surface area contributed by atoms with E-state index in [4.69, 9.17) is 5.11 Å². The number of carbonyl (C=O) groups excluding carboxylic acids is 1. The molecule has 0 spiro atoms. The lowest BCUT2D eigenvalue weighted by atomic mass is 10.1. The van der Waals surface area contributed by atoms with Crippen LogP contribution in [0.2, 0.25) is 0 Å². The van der Waals surface area contributed by atoms with Crippen LogP contribution in [0.1, 0.15) is 11.6 Å². The van der Waals surface area contributed by atoms with Gasteiger partial charge in [0, 0.05) is 13.1 Å². The zero-order valence-electron chi connectivity index (χ0n) is 9.73. The Labute approximate surface area is 101 Å². The summed E-state index contributed by atoms with van der Waals surface area (Å²) in [6, 6.07) is 9.57. The molecule has 1 atom stereocenters. The predicted octanol–water partition coefficient (Wildman–Crippen LogP) is 0.612. The third kappa shape index (κ3) is 4.80. The highest BCUT2D eigenvalue weighted by Gasteiger charge is 2.11. The van der Waals surface area contributed by atoms with Gasteiger partial charge in [0.1, 0.15) is 0 Å². The van der Waals surface area contributed by atoms with Crippen LogP contribution in [0.25, 0.3) is 0 Å². The highest BCUT2D eigenvalue weighted by molar-refractivity contribution is 5.87. The van der Waals surface area contributed by atoms with Crippen molar-refractivity contribution in [3.05, 3.63) is 48.6 Å². The Morgan fingerprint density at radius 2 is 2.12 bits per heavy atom. The van der Waals surface area contributed by atoms with Gasteiger partial charge in [0.2, 0.25) is 5.91 Å². The molecule has 0 bridgehead atoms. The predicted molar refractivity (Wildman–Crippen MR) is 67.5 cm³/mol. The summed E-state index contributed by atoms with van der Waals surface area (Å²) in [7, 11) is 0. The number of aliphatic hydroxyl groups is 1. The summed E-state index contributed by atoms with van der Waals surface area (Å²) in [5, 5.41) is 14.6. The molecule has 0 fully saturated rings. The average molecular weight is 234 g/mol. The second-order valence-electron chi connectivity index (χ2n) is 3.60. The second kappa shape index (κ2) is 7.60. The number of carbonyl (C=O) groups is 1. The van der Waals surface area contributed by atoms with Crippen LogP contribution in [0.4, 0.5) is 0 Å². The molecule has 4 heteroatoms. The molecule has 0 radical (unpaired) electrons. The molecule has 1 unspecified atom stereocenters. The van der Waals surface area contributed by atoms with Crippen molar-refractivity contribution in [1.82, 2.24) is 10.6 Å². The number of hydrogen-bond acceptors (Lipinski definition) is 3. The molecule has 4 nitrogen and oxygen atoms in total. The minimum atomic E-state index is -0.204. The Hall–Kier alpha value is -1.65. The van der Waals surface area contributed by atoms with Crippen LogP contribution < -0.4 is 10.6 Å². The van der Waals surface area contributed by atoms with Crippen molar-refractivity contribution in [3.63, 3.8) is 0 Å². The van der Waals surface area contributed by atoms with Gasteiger partial charge in [-0.1, -0.05) is 36.9 Å². The summed E-state index contributed by atoms with van der Waals surface area (Å²) in [5.74, 6) is -0.204. The average Bonchev–Trinajstić information content (AvgIpc) is 2.38. The standard InChI is InChI=1S/C13H18N2O2/c1-2-13(17)15-12(10-14-8-9-16)11-6-4-3-5-7-11/h2-7,12,14,16H,1,8-10H2,(H,15,17). The monoisotopic (exact) mass is 234 g/mol. The molecule has 0 aliphatic heterocycles. The number of amides is 1. The lowest BCUT2D eigenvalue weighted by Crippen LogP contribution is -2.35. The normalized spacial score (nSPS) is 11.8. The SMILES string of the molecule is C=CC(=O)NC(CNCCO)c1ccccc1. The molecule has 1 aromatic rings. The van der Waals surface area contributed by atoms with Crippen molar-refractivity contribution in [2.75, 3.05) is 19.7 Å². The van der Waals surface area contributed by atoms with Gasteiger partial charge < -0.3 is 15.7 Å². The van der Waals surface area contributed by atoms with Crippen LogP contribution >= 0.6 is 0 Å². The Kier molecular flexibility index (Phi) is 5.99. The number of aliphatic hydroxyl groups excluding tert-OH is 1. The van der Waals surface area contributed by atoms with Gasteiger partial charge >= 0.3 is 0 Å². The van der Waals surface area contributed by atoms with Gasteiger partial charge in [-0.15, -0.1) is 0 Å². The maximum Gasteiger partial charge on any atom is 0.243 e. The Bertz CT molecular complexity index is 352. The van der Waals surface area contributed by atoms with E-state index in [9.17, 15) is 4.79 Å². The summed E-state index contributed by atoms with van der Waals surface area (Å²) in [4.78, 5) is 11.3. The molecule has 0 saturated heterocycles. The van der Waals surface area contributed by atoms with Gasteiger partial charge in [-0.25, -0.2) is 0 Å². The quantitative estimate of drug-likeness (QED) is 0.478. The van der Waals surface area contributed by atoms with Crippen LogP contribution in [0, 0.1) is 0 Å². The molecule has 0 aliphatic carbocycles. The number of nitrogens with one attached hydrogen (secondary N) is 2. The molecule has 3 N–H and O–H groups in total. The van der Waals surface area contributed by atoms with Crippen molar-refractivity contribution in [2.24, 2.45) is 0 Å². The van der Waals surface area contributed by atoms with Crippen LogP contribution in [0.5, 0.6) is 0 Å². The van der Waals surface area contributed by atoms with E-state index < -0.39 is 0 Å². The van der Waals surface area contributed by atoms with Gasteiger partial charge in [0.05, 0.1) is 12.6 Å². The molecular weight excluding hydrogens is 216 g/mol. The highest BCUT2D eigenvalue weighted by atomic mass is 16.3. The minimum absolute atomic E-state index is 0.0803. The molecule has 92 valence electrons. The van der Waals surface area contributed by atoms with Crippen LogP contribution in [0.15, 0.2) is 43.0 Å². The Morgan fingerprint density at radius 1 is 1.41 bits per heavy atom. The molecule has 0 saturated carbocycles. The van der Waals surface area contributed by atoms with Crippen LogP contribution in [-0.2, 0) is 4.79 Å². The minimum Gasteiger partial charge on any atom is -0.395 e. The lowest BCUT2D eigenvalue weighted by molar-refractivity contribution is -0.117. The van der Waals surface area contributed by atoms with Gasteiger partial charge in [0.15, 0.2) is 0 Å². The van der Waals surface area contributed by atoms with Gasteiger partial charge in [-0.3, -0.25) is 4.79 Å². The molecule has 0 aromatic heterocycles. The van der Waals surface area contributed by atoms with Crippen LogP contribution in [-0.4, -0.2) is 30.7 Å². The van der Waals surface area contributed by atoms with Crippen LogP contribution in [0.3, 0.4) is 0 Å². The third-order valence-electron chi connectivity index (χ3n) is 2.34. The topological polar surface area (TPSA) is 61.4 Å². The Morgan fingerprint density at radius 3 is 2.71 bits per heavy atom.